The Morgan fingerprint density at radius 1 is 0.417 bits per heavy atom. The molecule has 36 heavy (non-hydrogen) atoms. The molecule has 0 aromatic carbocycles. The summed E-state index contributed by atoms with van der Waals surface area (Å²) in [6.07, 6.45) is 40.6. The van der Waals surface area contributed by atoms with Crippen LogP contribution in [0.15, 0.2) is 0 Å². The average Bonchev–Trinajstić information content (AvgIpc) is 2.90. The first-order chi connectivity index (χ1) is 17.6. The van der Waals surface area contributed by atoms with Gasteiger partial charge in [-0.05, 0) is 136 Å². The van der Waals surface area contributed by atoms with E-state index in [9.17, 15) is 0 Å². The Bertz CT molecular complexity index is 550. The molecule has 5 aliphatic rings. The lowest BCUT2D eigenvalue weighted by atomic mass is 9.43. The Balaban J connectivity index is 0.972. The van der Waals surface area contributed by atoms with Gasteiger partial charge >= 0.3 is 0 Å². The zero-order valence-electron chi connectivity index (χ0n) is 24.8. The molecule has 2 spiro atoms. The topological polar surface area (TPSA) is 0 Å². The number of unbranched alkanes of at least 4 members (excludes halogenated alkanes) is 4. The molecule has 0 bridgehead atoms. The van der Waals surface area contributed by atoms with Gasteiger partial charge in [-0.2, -0.15) is 0 Å². The minimum atomic E-state index is 0.817. The zero-order chi connectivity index (χ0) is 24.8. The van der Waals surface area contributed by atoms with Crippen LogP contribution in [0.4, 0.5) is 0 Å². The third kappa shape index (κ3) is 6.76. The zero-order valence-corrected chi connectivity index (χ0v) is 24.8. The van der Waals surface area contributed by atoms with Crippen molar-refractivity contribution in [3.63, 3.8) is 0 Å². The molecule has 208 valence electrons. The second-order valence-corrected chi connectivity index (χ2v) is 15.6. The molecule has 0 heterocycles. The maximum atomic E-state index is 2.35. The molecule has 0 radical (unpaired) electrons. The fourth-order valence-electron chi connectivity index (χ4n) is 11.0. The highest BCUT2D eigenvalue weighted by Gasteiger charge is 2.56. The Labute approximate surface area is 226 Å². The van der Waals surface area contributed by atoms with Gasteiger partial charge < -0.3 is 0 Å². The van der Waals surface area contributed by atoms with E-state index in [0.29, 0.717) is 0 Å². The fraction of sp³-hybridized carbons (Fsp3) is 1.00. The van der Waals surface area contributed by atoms with Crippen molar-refractivity contribution in [2.24, 2.45) is 46.3 Å². The summed E-state index contributed by atoms with van der Waals surface area (Å²) < 4.78 is 0. The molecule has 0 nitrogen and oxygen atoms in total. The van der Waals surface area contributed by atoms with Gasteiger partial charge in [0.2, 0.25) is 0 Å². The molecular weight excluding hydrogens is 432 g/mol. The molecule has 5 fully saturated rings. The van der Waals surface area contributed by atoms with Crippen molar-refractivity contribution < 1.29 is 0 Å². The molecule has 0 aromatic rings. The van der Waals surface area contributed by atoms with Crippen LogP contribution in [0.5, 0.6) is 0 Å². The summed E-state index contributed by atoms with van der Waals surface area (Å²) in [5.74, 6) is 6.61. The van der Waals surface area contributed by atoms with Gasteiger partial charge in [0.25, 0.3) is 0 Å². The second kappa shape index (κ2) is 12.9. The predicted octanol–water partition coefficient (Wildman–Crippen LogP) is 11.9. The molecule has 0 N–H and O–H groups in total. The van der Waals surface area contributed by atoms with Gasteiger partial charge in [0.05, 0.1) is 0 Å². The van der Waals surface area contributed by atoms with Crippen LogP contribution >= 0.6 is 0 Å². The Hall–Kier alpha value is 0. The van der Waals surface area contributed by atoms with Crippen molar-refractivity contribution in [3.05, 3.63) is 0 Å². The summed E-state index contributed by atoms with van der Waals surface area (Å²) in [7, 11) is 0. The maximum Gasteiger partial charge on any atom is -0.0287 e. The Morgan fingerprint density at radius 3 is 1.08 bits per heavy atom. The van der Waals surface area contributed by atoms with Crippen LogP contribution < -0.4 is 0 Å². The van der Waals surface area contributed by atoms with E-state index in [4.69, 9.17) is 0 Å². The Kier molecular flexibility index (Phi) is 9.88. The molecule has 5 saturated carbocycles. The van der Waals surface area contributed by atoms with Gasteiger partial charge in [0.1, 0.15) is 0 Å². The molecule has 0 amide bonds. The lowest BCUT2D eigenvalue weighted by Crippen LogP contribution is -2.50. The van der Waals surface area contributed by atoms with Crippen LogP contribution in [0.25, 0.3) is 0 Å². The van der Waals surface area contributed by atoms with E-state index in [-0.39, 0.29) is 0 Å². The predicted molar refractivity (Wildman–Crippen MR) is 157 cm³/mol. The highest BCUT2D eigenvalue weighted by molar-refractivity contribution is 5.07. The standard InChI is InChI=1S/C36H64/c1-3-5-7-9-29-11-15-31(16-12-29)33-19-23-35(24-20-33)27-36(28-35)25-21-34(22-26-36)32-17-13-30(14-18-32)10-8-6-4-2/h29-34H,3-28H2,1-2H3. The molecule has 5 aliphatic carbocycles. The van der Waals surface area contributed by atoms with E-state index in [1.165, 1.54) is 51.4 Å². The summed E-state index contributed by atoms with van der Waals surface area (Å²) >= 11 is 0. The largest absolute Gasteiger partial charge is 0.0654 e. The van der Waals surface area contributed by atoms with Gasteiger partial charge in [-0.15, -0.1) is 0 Å². The van der Waals surface area contributed by atoms with Crippen molar-refractivity contribution in [2.45, 2.75) is 181 Å². The molecule has 0 aliphatic heterocycles. The van der Waals surface area contributed by atoms with Crippen LogP contribution in [0.2, 0.25) is 0 Å². The van der Waals surface area contributed by atoms with Gasteiger partial charge in [0.15, 0.2) is 0 Å². The lowest BCUT2D eigenvalue weighted by molar-refractivity contribution is -0.109. The summed E-state index contributed by atoms with van der Waals surface area (Å²) in [5, 5.41) is 0. The van der Waals surface area contributed by atoms with E-state index >= 15 is 0 Å². The highest BCUT2D eigenvalue weighted by atomic mass is 14.6. The molecular formula is C36H64. The molecule has 5 rings (SSSR count). The number of hydrogen-bond acceptors (Lipinski definition) is 0. The number of rotatable bonds is 10. The van der Waals surface area contributed by atoms with Crippen LogP contribution in [0, 0.1) is 46.3 Å². The number of hydrogen-bond donors (Lipinski definition) is 0. The third-order valence-electron chi connectivity index (χ3n) is 13.2. The van der Waals surface area contributed by atoms with Gasteiger partial charge in [-0.25, -0.2) is 0 Å². The summed E-state index contributed by atoms with van der Waals surface area (Å²) in [6.45, 7) is 4.70. The third-order valence-corrected chi connectivity index (χ3v) is 13.2. The summed E-state index contributed by atoms with van der Waals surface area (Å²) in [6, 6.07) is 0. The van der Waals surface area contributed by atoms with Gasteiger partial charge in [-0.1, -0.05) is 90.9 Å². The molecule has 0 saturated heterocycles. The first-order valence-electron chi connectivity index (χ1n) is 17.6. The normalized spacial score (nSPS) is 43.5. The van der Waals surface area contributed by atoms with E-state index in [1.54, 1.807) is 116 Å². The van der Waals surface area contributed by atoms with E-state index < -0.39 is 0 Å². The van der Waals surface area contributed by atoms with E-state index in [1.807, 2.05) is 0 Å². The minimum Gasteiger partial charge on any atom is -0.0654 e. The van der Waals surface area contributed by atoms with Crippen molar-refractivity contribution in [2.75, 3.05) is 0 Å². The summed E-state index contributed by atoms with van der Waals surface area (Å²) in [4.78, 5) is 0. The molecule has 0 heteroatoms. The fourth-order valence-corrected chi connectivity index (χ4v) is 11.0. The van der Waals surface area contributed by atoms with Gasteiger partial charge in [-0.3, -0.25) is 0 Å². The van der Waals surface area contributed by atoms with Crippen molar-refractivity contribution in [1.82, 2.24) is 0 Å². The maximum absolute atomic E-state index is 2.35. The highest BCUT2D eigenvalue weighted by Crippen LogP contribution is 2.67. The lowest BCUT2D eigenvalue weighted by Gasteiger charge is -2.62. The molecule has 0 aromatic heterocycles. The quantitative estimate of drug-likeness (QED) is 0.264. The van der Waals surface area contributed by atoms with E-state index in [0.717, 1.165) is 46.3 Å². The van der Waals surface area contributed by atoms with Crippen molar-refractivity contribution in [3.8, 4) is 0 Å². The first kappa shape index (κ1) is 27.6. The van der Waals surface area contributed by atoms with Crippen LogP contribution in [-0.4, -0.2) is 0 Å². The minimum absolute atomic E-state index is 0.817. The van der Waals surface area contributed by atoms with Crippen LogP contribution in [-0.2, 0) is 0 Å². The van der Waals surface area contributed by atoms with Crippen molar-refractivity contribution >= 4 is 0 Å². The van der Waals surface area contributed by atoms with E-state index in [2.05, 4.69) is 13.8 Å². The van der Waals surface area contributed by atoms with Crippen LogP contribution in [0.1, 0.15) is 181 Å². The van der Waals surface area contributed by atoms with Gasteiger partial charge in [0, 0.05) is 0 Å². The first-order valence-corrected chi connectivity index (χ1v) is 17.6. The summed E-state index contributed by atoms with van der Waals surface area (Å²) in [5.41, 5.74) is 1.63. The SMILES string of the molecule is CCCCCC1CCC(C2CCC3(CC2)CC2(CCC(C4CCC(CCCCC)CC4)CC2)C3)CC1. The van der Waals surface area contributed by atoms with Crippen LogP contribution in [0.3, 0.4) is 0 Å². The Morgan fingerprint density at radius 2 is 0.750 bits per heavy atom. The second-order valence-electron chi connectivity index (χ2n) is 15.6. The van der Waals surface area contributed by atoms with Crippen molar-refractivity contribution in [1.29, 1.82) is 0 Å². The molecule has 0 unspecified atom stereocenters. The average molecular weight is 497 g/mol. The molecule has 0 atom stereocenters. The smallest absolute Gasteiger partial charge is 0.0287 e. The monoisotopic (exact) mass is 497 g/mol.